The van der Waals surface area contributed by atoms with Crippen LogP contribution in [0.5, 0.6) is 0 Å². The quantitative estimate of drug-likeness (QED) is 0.148. The third kappa shape index (κ3) is 6.51. The van der Waals surface area contributed by atoms with E-state index in [-0.39, 0.29) is 16.2 Å². The van der Waals surface area contributed by atoms with Gasteiger partial charge in [-0.3, -0.25) is 0 Å². The van der Waals surface area contributed by atoms with Crippen LogP contribution < -0.4 is 0 Å². The van der Waals surface area contributed by atoms with Gasteiger partial charge in [-0.15, -0.1) is 34.0 Å². The Bertz CT molecular complexity index is 2530. The van der Waals surface area contributed by atoms with Gasteiger partial charge < -0.3 is 15.0 Å². The van der Waals surface area contributed by atoms with E-state index >= 15 is 0 Å². The van der Waals surface area contributed by atoms with Crippen LogP contribution in [0.4, 0.5) is 0 Å². The van der Waals surface area contributed by atoms with Gasteiger partial charge in [0.25, 0.3) is 0 Å². The summed E-state index contributed by atoms with van der Waals surface area (Å²) in [6.07, 6.45) is 0. The molecule has 0 aliphatic rings. The fourth-order valence-corrected chi connectivity index (χ4v) is 9.17. The van der Waals surface area contributed by atoms with Crippen molar-refractivity contribution in [1.29, 1.82) is 0 Å². The summed E-state index contributed by atoms with van der Waals surface area (Å²) in [4.78, 5) is 29.2. The van der Waals surface area contributed by atoms with Gasteiger partial charge in [0.05, 0.1) is 47.7 Å². The minimum absolute atomic E-state index is 0.0977. The molecule has 7 aromatic rings. The van der Waals surface area contributed by atoms with Crippen molar-refractivity contribution in [3.63, 3.8) is 0 Å². The molecular weight excluding hydrogens is 649 g/mol. The number of aromatic nitrogens is 6. The molecule has 0 saturated carbocycles. The third-order valence-corrected chi connectivity index (χ3v) is 11.3. The Balaban J connectivity index is 1.55. The highest BCUT2D eigenvalue weighted by molar-refractivity contribution is 7.24. The van der Waals surface area contributed by atoms with E-state index < -0.39 is 0 Å². The fraction of sp³-hybridized carbons (Fsp3) is 0.308. The molecule has 0 saturated heterocycles. The second-order valence-corrected chi connectivity index (χ2v) is 18.5. The summed E-state index contributed by atoms with van der Waals surface area (Å²) < 4.78 is 3.49. The lowest BCUT2D eigenvalue weighted by molar-refractivity contribution is 0.579. The number of nitrogens with one attached hydrogen (secondary N) is 3. The molecule has 0 fully saturated rings. The first-order valence-electron chi connectivity index (χ1n) is 16.3. The normalized spacial score (nSPS) is 12.7. The molecule has 6 nitrogen and oxygen atoms in total. The molecule has 12 bridgehead atoms. The van der Waals surface area contributed by atoms with Gasteiger partial charge >= 0.3 is 0 Å². The van der Waals surface area contributed by atoms with Crippen LogP contribution in [0.3, 0.4) is 0 Å². The fourth-order valence-electron chi connectivity index (χ4n) is 5.69. The number of hydrogen-bond acceptors (Lipinski definition) is 6. The van der Waals surface area contributed by atoms with Crippen molar-refractivity contribution in [1.82, 2.24) is 29.9 Å². The molecule has 0 atom stereocenters. The highest BCUT2D eigenvalue weighted by atomic mass is 32.1. The minimum Gasteiger partial charge on any atom is -0.353 e. The molecule has 0 radical (unpaired) electrons. The molecule has 0 aliphatic carbocycles. The highest BCUT2D eigenvalue weighted by Crippen LogP contribution is 2.36. The predicted molar refractivity (Wildman–Crippen MR) is 211 cm³/mol. The second kappa shape index (κ2) is 11.8. The number of H-pyrrole nitrogens is 3. The summed E-state index contributed by atoms with van der Waals surface area (Å²) in [6, 6.07) is 25.7. The maximum absolute atomic E-state index is 5.19. The van der Waals surface area contributed by atoms with Gasteiger partial charge in [-0.25, -0.2) is 15.0 Å². The number of hydrogen-bond donors (Lipinski definition) is 3. The zero-order chi connectivity index (χ0) is 34.0. The Labute approximate surface area is 292 Å². The van der Waals surface area contributed by atoms with Crippen molar-refractivity contribution < 1.29 is 0 Å². The Morgan fingerprint density at radius 3 is 0.917 bits per heavy atom. The molecule has 0 spiro atoms. The molecule has 7 rings (SSSR count). The van der Waals surface area contributed by atoms with Gasteiger partial charge in [0.2, 0.25) is 0 Å². The van der Waals surface area contributed by atoms with Crippen LogP contribution in [-0.2, 0) is 16.2 Å². The third-order valence-electron chi connectivity index (χ3n) is 8.15. The van der Waals surface area contributed by atoms with Gasteiger partial charge in [0.1, 0.15) is 14.5 Å². The Morgan fingerprint density at radius 2 is 0.625 bits per heavy atom. The van der Waals surface area contributed by atoms with Crippen molar-refractivity contribution in [2.45, 2.75) is 78.6 Å². The van der Waals surface area contributed by atoms with Gasteiger partial charge in [0.15, 0.2) is 0 Å². The number of thiazole rings is 3. The molecule has 9 heteroatoms. The van der Waals surface area contributed by atoms with E-state index in [4.69, 9.17) is 15.0 Å². The summed E-state index contributed by atoms with van der Waals surface area (Å²) in [6.45, 7) is 20.0. The van der Waals surface area contributed by atoms with E-state index in [1.54, 1.807) is 34.0 Å². The molecule has 48 heavy (non-hydrogen) atoms. The van der Waals surface area contributed by atoms with Crippen molar-refractivity contribution in [2.75, 3.05) is 0 Å². The molecule has 0 aliphatic heterocycles. The number of rotatable bonds is 0. The zero-order valence-corrected chi connectivity index (χ0v) is 31.4. The summed E-state index contributed by atoms with van der Waals surface area (Å²) in [5.41, 5.74) is 9.09. The lowest BCUT2D eigenvalue weighted by atomic mass is 9.91. The zero-order valence-electron chi connectivity index (χ0n) is 29.0. The lowest BCUT2D eigenvalue weighted by Gasteiger charge is -2.15. The largest absolute Gasteiger partial charge is 0.353 e. The number of aromatic amines is 3. The van der Waals surface area contributed by atoms with Gasteiger partial charge in [-0.1, -0.05) is 62.3 Å². The standard InChI is InChI=1S/C39H42N6S3/c1-37(2,3)31-28-19-15-24-14-18-27(42-24)36-45-33(39(7,8)9)30(48-36)21-20-29-32(38(4,5)6)44-35(47-29)26-17-13-23(41-26)11-10-22-12-16-25(40-22)34(43-31)46-28/h10-21,40-42H,1-9H3. The first-order valence-corrected chi connectivity index (χ1v) is 18.7. The van der Waals surface area contributed by atoms with Crippen LogP contribution in [0, 0.1) is 0 Å². The van der Waals surface area contributed by atoms with E-state index in [2.05, 4.69) is 150 Å². The summed E-state index contributed by atoms with van der Waals surface area (Å²) in [7, 11) is 0. The Hall–Kier alpha value is -4.05. The summed E-state index contributed by atoms with van der Waals surface area (Å²) in [5.74, 6) is 0. The van der Waals surface area contributed by atoms with Crippen molar-refractivity contribution >= 4 is 95.7 Å². The van der Waals surface area contributed by atoms with Crippen molar-refractivity contribution in [3.05, 3.63) is 89.9 Å². The average molecular weight is 691 g/mol. The molecule has 246 valence electrons. The Kier molecular flexibility index (Phi) is 8.01. The SMILES string of the molecule is CC(C)(C)c1nc2sc1ccc1ccc([nH]1)c1nc(C(C)(C)C)c(ccc3sc(nc3C(C)(C)C)c3ccc(ccc4ccc2[nH]4)[nH]3)s1. The van der Waals surface area contributed by atoms with Gasteiger partial charge in [-0.2, -0.15) is 0 Å². The van der Waals surface area contributed by atoms with Crippen LogP contribution >= 0.6 is 34.0 Å². The van der Waals surface area contributed by atoms with Crippen molar-refractivity contribution in [2.24, 2.45) is 0 Å². The molecular formula is C39H42N6S3. The van der Waals surface area contributed by atoms with E-state index in [1.807, 2.05) is 0 Å². The lowest BCUT2D eigenvalue weighted by Crippen LogP contribution is -2.12. The van der Waals surface area contributed by atoms with Crippen LogP contribution in [-0.4, -0.2) is 29.9 Å². The molecule has 3 N–H and O–H groups in total. The molecule has 7 aromatic heterocycles. The second-order valence-electron chi connectivity index (χ2n) is 15.4. The van der Waals surface area contributed by atoms with Crippen molar-refractivity contribution in [3.8, 4) is 0 Å². The van der Waals surface area contributed by atoms with E-state index in [9.17, 15) is 0 Å². The number of nitrogens with zero attached hydrogens (tertiary/aromatic N) is 3. The van der Waals surface area contributed by atoms with Gasteiger partial charge in [0, 0.05) is 32.8 Å². The molecule has 7 heterocycles. The predicted octanol–water partition coefficient (Wildman–Crippen LogP) is 12.2. The van der Waals surface area contributed by atoms with Crippen LogP contribution in [0.1, 0.15) is 79.4 Å². The molecule has 0 unspecified atom stereocenters. The number of fused-ring (bicyclic) bond motifs is 15. The van der Waals surface area contributed by atoms with Crippen LogP contribution in [0.2, 0.25) is 0 Å². The average Bonchev–Trinajstić information content (AvgIpc) is 3.83. The minimum atomic E-state index is -0.111. The Morgan fingerprint density at radius 1 is 0.375 bits per heavy atom. The van der Waals surface area contributed by atoms with Crippen LogP contribution in [0.15, 0.2) is 72.8 Å². The first-order chi connectivity index (χ1) is 22.6. The molecule has 0 amide bonds. The van der Waals surface area contributed by atoms with E-state index in [0.29, 0.717) is 0 Å². The summed E-state index contributed by atoms with van der Waals surface area (Å²) in [5, 5.41) is 0. The van der Waals surface area contributed by atoms with E-state index in [1.165, 1.54) is 9.40 Å². The summed E-state index contributed by atoms with van der Waals surface area (Å²) >= 11 is 5.17. The molecule has 0 aromatic carbocycles. The first kappa shape index (κ1) is 32.5. The highest BCUT2D eigenvalue weighted by Gasteiger charge is 2.22. The van der Waals surface area contributed by atoms with Crippen LogP contribution in [0.25, 0.3) is 61.7 Å². The maximum Gasteiger partial charge on any atom is 0.140 e. The van der Waals surface area contributed by atoms with Gasteiger partial charge in [-0.05, 0) is 72.8 Å². The topological polar surface area (TPSA) is 86.0 Å². The van der Waals surface area contributed by atoms with E-state index in [0.717, 1.165) is 69.4 Å². The maximum atomic E-state index is 5.19. The smallest absolute Gasteiger partial charge is 0.140 e. The monoisotopic (exact) mass is 690 g/mol.